The van der Waals surface area contributed by atoms with Crippen LogP contribution in [0.4, 0.5) is 0 Å². The summed E-state index contributed by atoms with van der Waals surface area (Å²) in [5, 5.41) is 3.84. The molecule has 98 valence electrons. The predicted octanol–water partition coefficient (Wildman–Crippen LogP) is 3.01. The average molecular weight is 342 g/mol. The topological polar surface area (TPSA) is 56.7 Å². The highest BCUT2D eigenvalue weighted by Crippen LogP contribution is 2.22. The van der Waals surface area contributed by atoms with Gasteiger partial charge in [-0.3, -0.25) is 0 Å². The zero-order chi connectivity index (χ0) is 13.2. The first-order chi connectivity index (χ1) is 9.28. The van der Waals surface area contributed by atoms with Gasteiger partial charge in [0.1, 0.15) is 5.82 Å². The third kappa shape index (κ3) is 2.50. The maximum atomic E-state index is 5.84. The summed E-state index contributed by atoms with van der Waals surface area (Å²) in [7, 11) is 0. The molecule has 0 saturated heterocycles. The van der Waals surface area contributed by atoms with E-state index in [1.165, 1.54) is 6.39 Å². The number of aryl methyl sites for hydroxylation is 1. The largest absolute Gasteiger partial charge is 0.343 e. The molecule has 0 saturated carbocycles. The summed E-state index contributed by atoms with van der Waals surface area (Å²) >= 11 is 9.29. The predicted molar refractivity (Wildman–Crippen MR) is 75.3 cm³/mol. The minimum atomic E-state index is 0.525. The lowest BCUT2D eigenvalue weighted by molar-refractivity contribution is 0.408. The maximum absolute atomic E-state index is 5.84. The van der Waals surface area contributed by atoms with Gasteiger partial charge < -0.3 is 9.09 Å². The quantitative estimate of drug-likeness (QED) is 0.685. The van der Waals surface area contributed by atoms with Gasteiger partial charge in [-0.25, -0.2) is 4.98 Å². The summed E-state index contributed by atoms with van der Waals surface area (Å²) < 4.78 is 7.83. The molecule has 1 aromatic carbocycles. The van der Waals surface area contributed by atoms with Crippen molar-refractivity contribution in [2.24, 2.45) is 0 Å². The first-order valence-electron chi connectivity index (χ1n) is 5.74. The van der Waals surface area contributed by atoms with Gasteiger partial charge in [-0.15, -0.1) is 11.6 Å². The van der Waals surface area contributed by atoms with Crippen LogP contribution in [0, 0.1) is 0 Å². The molecule has 2 heterocycles. The molecule has 19 heavy (non-hydrogen) atoms. The lowest BCUT2D eigenvalue weighted by Gasteiger charge is -2.05. The first-order valence-corrected chi connectivity index (χ1v) is 7.06. The van der Waals surface area contributed by atoms with Crippen LogP contribution in [0.15, 0.2) is 33.6 Å². The number of rotatable bonds is 4. The van der Waals surface area contributed by atoms with Gasteiger partial charge in [0.05, 0.1) is 17.6 Å². The molecular formula is C12H10BrClN4O. The van der Waals surface area contributed by atoms with Crippen molar-refractivity contribution in [2.45, 2.75) is 13.0 Å². The van der Waals surface area contributed by atoms with Crippen molar-refractivity contribution >= 4 is 38.6 Å². The van der Waals surface area contributed by atoms with Gasteiger partial charge in [0, 0.05) is 16.8 Å². The Morgan fingerprint density at radius 2 is 2.26 bits per heavy atom. The number of imidazole rings is 1. The maximum Gasteiger partial charge on any atom is 0.213 e. The Labute approximate surface area is 122 Å². The average Bonchev–Trinajstić information content (AvgIpc) is 2.99. The molecule has 0 amide bonds. The molecule has 0 aliphatic rings. The Morgan fingerprint density at radius 1 is 1.37 bits per heavy atom. The van der Waals surface area contributed by atoms with Crippen molar-refractivity contribution in [1.82, 2.24) is 19.7 Å². The fourth-order valence-electron chi connectivity index (χ4n) is 2.01. The molecule has 7 heteroatoms. The van der Waals surface area contributed by atoms with E-state index < -0.39 is 0 Å². The molecule has 3 rings (SSSR count). The Balaban J connectivity index is 2.10. The van der Waals surface area contributed by atoms with E-state index in [2.05, 4.69) is 35.6 Å². The molecule has 5 nitrogen and oxygen atoms in total. The number of alkyl halides is 1. The van der Waals surface area contributed by atoms with E-state index in [1.54, 1.807) is 0 Å². The van der Waals surface area contributed by atoms with E-state index in [0.29, 0.717) is 24.7 Å². The lowest BCUT2D eigenvalue weighted by Crippen LogP contribution is -2.07. The molecule has 0 unspecified atom stereocenters. The zero-order valence-corrected chi connectivity index (χ0v) is 12.2. The monoisotopic (exact) mass is 340 g/mol. The molecule has 3 aromatic rings. The molecule has 0 atom stereocenters. The highest BCUT2D eigenvalue weighted by Gasteiger charge is 2.12. The van der Waals surface area contributed by atoms with Crippen LogP contribution in [-0.4, -0.2) is 25.6 Å². The van der Waals surface area contributed by atoms with Crippen LogP contribution in [0.1, 0.15) is 11.6 Å². The fourth-order valence-corrected chi connectivity index (χ4v) is 2.53. The van der Waals surface area contributed by atoms with Crippen LogP contribution in [0.25, 0.3) is 11.0 Å². The lowest BCUT2D eigenvalue weighted by atomic mass is 10.3. The number of hydrogen-bond acceptors (Lipinski definition) is 4. The molecular weight excluding hydrogens is 332 g/mol. The molecule has 0 spiro atoms. The normalized spacial score (nSPS) is 11.3. The number of nitrogens with zero attached hydrogens (tertiary/aromatic N) is 4. The van der Waals surface area contributed by atoms with Gasteiger partial charge in [-0.1, -0.05) is 21.1 Å². The third-order valence-corrected chi connectivity index (χ3v) is 3.50. The van der Waals surface area contributed by atoms with Crippen molar-refractivity contribution in [1.29, 1.82) is 0 Å². The Bertz CT molecular complexity index is 695. The van der Waals surface area contributed by atoms with E-state index >= 15 is 0 Å². The second-order valence-corrected chi connectivity index (χ2v) is 5.33. The van der Waals surface area contributed by atoms with Crippen LogP contribution in [0.5, 0.6) is 0 Å². The minimum absolute atomic E-state index is 0.525. The van der Waals surface area contributed by atoms with Crippen LogP contribution < -0.4 is 0 Å². The summed E-state index contributed by atoms with van der Waals surface area (Å²) in [5.74, 6) is 2.07. The summed E-state index contributed by atoms with van der Waals surface area (Å²) in [6, 6.07) is 5.99. The molecule has 0 aliphatic heterocycles. The van der Waals surface area contributed by atoms with E-state index in [-0.39, 0.29) is 0 Å². The van der Waals surface area contributed by atoms with E-state index in [0.717, 1.165) is 21.3 Å². The van der Waals surface area contributed by atoms with Gasteiger partial charge in [0.25, 0.3) is 0 Å². The van der Waals surface area contributed by atoms with Gasteiger partial charge in [0.2, 0.25) is 6.39 Å². The van der Waals surface area contributed by atoms with E-state index in [1.807, 2.05) is 18.2 Å². The number of aromatic nitrogens is 4. The Kier molecular flexibility index (Phi) is 3.52. The number of fused-ring (bicyclic) bond motifs is 1. The van der Waals surface area contributed by atoms with Crippen molar-refractivity contribution in [3.05, 3.63) is 40.7 Å². The van der Waals surface area contributed by atoms with Crippen molar-refractivity contribution in [3.63, 3.8) is 0 Å². The van der Waals surface area contributed by atoms with E-state index in [4.69, 9.17) is 16.1 Å². The fraction of sp³-hybridized carbons (Fsp3) is 0.250. The van der Waals surface area contributed by atoms with Gasteiger partial charge in [0.15, 0.2) is 5.82 Å². The number of hydrogen-bond donors (Lipinski definition) is 0. The molecule has 0 radical (unpaired) electrons. The van der Waals surface area contributed by atoms with Gasteiger partial charge in [-0.05, 0) is 18.2 Å². The highest BCUT2D eigenvalue weighted by molar-refractivity contribution is 9.10. The third-order valence-electron chi connectivity index (χ3n) is 2.81. The highest BCUT2D eigenvalue weighted by atomic mass is 79.9. The molecule has 0 N–H and O–H groups in total. The SMILES string of the molecule is ClCCc1nc2cc(Br)ccc2n1Cc1ncon1. The summed E-state index contributed by atoms with van der Waals surface area (Å²) in [4.78, 5) is 8.65. The van der Waals surface area contributed by atoms with Crippen molar-refractivity contribution in [3.8, 4) is 0 Å². The molecule has 0 aliphatic carbocycles. The smallest absolute Gasteiger partial charge is 0.213 e. The van der Waals surface area contributed by atoms with E-state index in [9.17, 15) is 0 Å². The first kappa shape index (κ1) is 12.6. The second-order valence-electron chi connectivity index (χ2n) is 4.03. The zero-order valence-electron chi connectivity index (χ0n) is 9.88. The van der Waals surface area contributed by atoms with Crippen LogP contribution in [-0.2, 0) is 13.0 Å². The van der Waals surface area contributed by atoms with Gasteiger partial charge in [-0.2, -0.15) is 4.98 Å². The van der Waals surface area contributed by atoms with Crippen molar-refractivity contribution in [2.75, 3.05) is 5.88 Å². The molecule has 0 fully saturated rings. The van der Waals surface area contributed by atoms with Crippen LogP contribution in [0.2, 0.25) is 0 Å². The number of halogens is 2. The molecule has 0 bridgehead atoms. The number of benzene rings is 1. The van der Waals surface area contributed by atoms with Crippen LogP contribution >= 0.6 is 27.5 Å². The molecule has 2 aromatic heterocycles. The van der Waals surface area contributed by atoms with Gasteiger partial charge >= 0.3 is 0 Å². The summed E-state index contributed by atoms with van der Waals surface area (Å²) in [6.45, 7) is 0.529. The summed E-state index contributed by atoms with van der Waals surface area (Å²) in [5.41, 5.74) is 1.96. The minimum Gasteiger partial charge on any atom is -0.343 e. The Morgan fingerprint density at radius 3 is 3.00 bits per heavy atom. The van der Waals surface area contributed by atoms with Crippen molar-refractivity contribution < 1.29 is 4.52 Å². The second kappa shape index (κ2) is 5.30. The summed E-state index contributed by atoms with van der Waals surface area (Å²) in [6.07, 6.45) is 2.03. The van der Waals surface area contributed by atoms with Crippen LogP contribution in [0.3, 0.4) is 0 Å². The standard InChI is InChI=1S/C12H10BrClN4O/c13-8-1-2-10-9(5-8)16-12(3-4-14)18(10)6-11-15-7-19-17-11/h1-2,5,7H,3-4,6H2. The Hall–Kier alpha value is -1.40.